The first-order chi connectivity index (χ1) is 9.82. The van der Waals surface area contributed by atoms with Crippen LogP contribution in [0.2, 0.25) is 0 Å². The Morgan fingerprint density at radius 1 is 1.43 bits per heavy atom. The molecule has 1 aromatic carbocycles. The Morgan fingerprint density at radius 3 is 2.76 bits per heavy atom. The van der Waals surface area contributed by atoms with E-state index in [1.54, 1.807) is 0 Å². The van der Waals surface area contributed by atoms with Gasteiger partial charge < -0.3 is 15.0 Å². The smallest absolute Gasteiger partial charge is 0.383 e. The van der Waals surface area contributed by atoms with Crippen molar-refractivity contribution in [3.63, 3.8) is 0 Å². The summed E-state index contributed by atoms with van der Waals surface area (Å²) in [5.41, 5.74) is 5.07. The van der Waals surface area contributed by atoms with Crippen LogP contribution in [0, 0.1) is 0 Å². The highest BCUT2D eigenvalue weighted by Crippen LogP contribution is 2.35. The highest BCUT2D eigenvalue weighted by Gasteiger charge is 2.31. The summed E-state index contributed by atoms with van der Waals surface area (Å²) in [6, 6.07) is 2.55. The Labute approximate surface area is 126 Å². The molecular weight excluding hydrogens is 355 g/mol. The Morgan fingerprint density at radius 2 is 2.14 bits per heavy atom. The molecule has 0 radical (unpaired) electrons. The summed E-state index contributed by atoms with van der Waals surface area (Å²) < 4.78 is 48.4. The fraction of sp³-hybridized carbons (Fsp3) is 0.333. The zero-order valence-corrected chi connectivity index (χ0v) is 12.4. The lowest BCUT2D eigenvalue weighted by molar-refractivity contribution is -0.137. The van der Waals surface area contributed by atoms with Gasteiger partial charge in [0.25, 0.3) is 5.89 Å². The number of nitrogens with two attached hydrogens (primary N) is 1. The van der Waals surface area contributed by atoms with Crippen LogP contribution in [0.25, 0.3) is 11.5 Å². The van der Waals surface area contributed by atoms with Gasteiger partial charge in [-0.1, -0.05) is 5.16 Å². The van der Waals surface area contributed by atoms with Gasteiger partial charge in [0.2, 0.25) is 0 Å². The monoisotopic (exact) mass is 365 g/mol. The molecule has 2 rings (SSSR count). The molecule has 2 N–H and O–H groups in total. The van der Waals surface area contributed by atoms with Gasteiger partial charge in [0.1, 0.15) is 0 Å². The van der Waals surface area contributed by atoms with Crippen LogP contribution in [0.4, 0.5) is 13.2 Å². The van der Waals surface area contributed by atoms with Crippen molar-refractivity contribution < 1.29 is 22.4 Å². The van der Waals surface area contributed by atoms with Crippen LogP contribution < -0.4 is 5.73 Å². The maximum Gasteiger partial charge on any atom is 0.416 e. The molecular formula is C12H11BrF3N3O2. The lowest BCUT2D eigenvalue weighted by atomic mass is 10.1. The fourth-order valence-electron chi connectivity index (χ4n) is 1.61. The zero-order valence-electron chi connectivity index (χ0n) is 10.8. The van der Waals surface area contributed by atoms with Crippen LogP contribution in [0.5, 0.6) is 0 Å². The van der Waals surface area contributed by atoms with Crippen molar-refractivity contribution in [3.8, 4) is 11.5 Å². The molecule has 0 aliphatic carbocycles. The number of rotatable bonds is 4. The van der Waals surface area contributed by atoms with E-state index in [-0.39, 0.29) is 23.9 Å². The van der Waals surface area contributed by atoms with E-state index in [1.807, 2.05) is 0 Å². The Balaban J connectivity index is 2.38. The highest BCUT2D eigenvalue weighted by molar-refractivity contribution is 9.10. The van der Waals surface area contributed by atoms with Gasteiger partial charge in [0.05, 0.1) is 23.8 Å². The van der Waals surface area contributed by atoms with E-state index >= 15 is 0 Å². The Bertz CT molecular complexity index is 630. The summed E-state index contributed by atoms with van der Waals surface area (Å²) in [4.78, 5) is 4.00. The number of hydrogen-bond acceptors (Lipinski definition) is 5. The number of methoxy groups -OCH3 is 1. The van der Waals surface area contributed by atoms with Crippen molar-refractivity contribution in [2.75, 3.05) is 13.7 Å². The van der Waals surface area contributed by atoms with Gasteiger partial charge in [-0.05, 0) is 34.1 Å². The molecule has 0 fully saturated rings. The molecule has 21 heavy (non-hydrogen) atoms. The molecule has 5 nitrogen and oxygen atoms in total. The molecule has 0 spiro atoms. The molecule has 0 aliphatic heterocycles. The van der Waals surface area contributed by atoms with Gasteiger partial charge in [-0.25, -0.2) is 0 Å². The van der Waals surface area contributed by atoms with Gasteiger partial charge in [-0.15, -0.1) is 0 Å². The second-order valence-electron chi connectivity index (χ2n) is 4.21. The van der Waals surface area contributed by atoms with E-state index < -0.39 is 17.8 Å². The SMILES string of the molecule is COCC(N)c1noc(-c2cc(C(F)(F)F)ccc2Br)n1. The van der Waals surface area contributed by atoms with E-state index in [0.29, 0.717) is 4.47 Å². The maximum atomic E-state index is 12.7. The Hall–Kier alpha value is -1.45. The van der Waals surface area contributed by atoms with Crippen LogP contribution in [0.15, 0.2) is 27.2 Å². The number of alkyl halides is 3. The van der Waals surface area contributed by atoms with Crippen LogP contribution in [0.3, 0.4) is 0 Å². The lowest BCUT2D eigenvalue weighted by Gasteiger charge is -2.08. The van der Waals surface area contributed by atoms with Crippen LogP contribution in [-0.2, 0) is 10.9 Å². The summed E-state index contributed by atoms with van der Waals surface area (Å²) in [6.07, 6.45) is -4.45. The van der Waals surface area contributed by atoms with Crippen molar-refractivity contribution in [3.05, 3.63) is 34.1 Å². The third-order valence-electron chi connectivity index (χ3n) is 2.64. The highest BCUT2D eigenvalue weighted by atomic mass is 79.9. The van der Waals surface area contributed by atoms with Gasteiger partial charge in [0.15, 0.2) is 5.82 Å². The van der Waals surface area contributed by atoms with Crippen LogP contribution in [0.1, 0.15) is 17.4 Å². The molecule has 1 heterocycles. The molecule has 0 aliphatic rings. The first kappa shape index (κ1) is 15.9. The van der Waals surface area contributed by atoms with Crippen molar-refractivity contribution in [2.45, 2.75) is 12.2 Å². The number of halogens is 4. The molecule has 1 aromatic heterocycles. The number of ether oxygens (including phenoxy) is 1. The summed E-state index contributed by atoms with van der Waals surface area (Å²) in [6.45, 7) is 0.169. The predicted octanol–water partition coefficient (Wildman–Crippen LogP) is 3.16. The lowest BCUT2D eigenvalue weighted by Crippen LogP contribution is -2.17. The van der Waals surface area contributed by atoms with Gasteiger partial charge >= 0.3 is 6.18 Å². The van der Waals surface area contributed by atoms with E-state index in [4.69, 9.17) is 15.0 Å². The van der Waals surface area contributed by atoms with Crippen molar-refractivity contribution in [2.24, 2.45) is 5.73 Å². The second-order valence-corrected chi connectivity index (χ2v) is 5.07. The largest absolute Gasteiger partial charge is 0.416 e. The molecule has 9 heteroatoms. The molecule has 2 aromatic rings. The third-order valence-corrected chi connectivity index (χ3v) is 3.34. The average Bonchev–Trinajstić information content (AvgIpc) is 2.87. The Kier molecular flexibility index (Phi) is 4.64. The van der Waals surface area contributed by atoms with E-state index in [1.165, 1.54) is 13.2 Å². The second kappa shape index (κ2) is 6.12. The third kappa shape index (κ3) is 3.60. The number of aromatic nitrogens is 2. The first-order valence-electron chi connectivity index (χ1n) is 5.78. The van der Waals surface area contributed by atoms with Gasteiger partial charge in [0, 0.05) is 11.6 Å². The number of benzene rings is 1. The number of hydrogen-bond donors (Lipinski definition) is 1. The molecule has 1 atom stereocenters. The first-order valence-corrected chi connectivity index (χ1v) is 6.57. The van der Waals surface area contributed by atoms with Crippen molar-refractivity contribution in [1.82, 2.24) is 10.1 Å². The minimum atomic E-state index is -4.45. The van der Waals surface area contributed by atoms with Gasteiger partial charge in [-0.3, -0.25) is 0 Å². The quantitative estimate of drug-likeness (QED) is 0.900. The minimum absolute atomic E-state index is 0.0467. The van der Waals surface area contributed by atoms with Crippen molar-refractivity contribution in [1.29, 1.82) is 0 Å². The fourth-order valence-corrected chi connectivity index (χ4v) is 2.03. The molecule has 0 amide bonds. The maximum absolute atomic E-state index is 12.7. The van der Waals surface area contributed by atoms with E-state index in [0.717, 1.165) is 12.1 Å². The molecule has 0 saturated carbocycles. The van der Waals surface area contributed by atoms with Crippen LogP contribution >= 0.6 is 15.9 Å². The van der Waals surface area contributed by atoms with Gasteiger partial charge in [-0.2, -0.15) is 18.2 Å². The minimum Gasteiger partial charge on any atom is -0.383 e. The normalized spacial score (nSPS) is 13.4. The zero-order chi connectivity index (χ0) is 15.6. The summed E-state index contributed by atoms with van der Waals surface area (Å²) in [7, 11) is 1.46. The molecule has 0 saturated heterocycles. The predicted molar refractivity (Wildman–Crippen MR) is 71.2 cm³/mol. The summed E-state index contributed by atoms with van der Waals surface area (Å²) in [5.74, 6) is 0.116. The molecule has 0 bridgehead atoms. The number of nitrogens with zero attached hydrogens (tertiary/aromatic N) is 2. The summed E-state index contributed by atoms with van der Waals surface area (Å²) in [5, 5.41) is 3.65. The molecule has 114 valence electrons. The van der Waals surface area contributed by atoms with E-state index in [9.17, 15) is 13.2 Å². The molecule has 1 unspecified atom stereocenters. The van der Waals surface area contributed by atoms with Crippen LogP contribution in [-0.4, -0.2) is 23.9 Å². The van der Waals surface area contributed by atoms with E-state index in [2.05, 4.69) is 26.1 Å². The average molecular weight is 366 g/mol. The topological polar surface area (TPSA) is 74.2 Å². The van der Waals surface area contributed by atoms with Crippen molar-refractivity contribution >= 4 is 15.9 Å². The summed E-state index contributed by atoms with van der Waals surface area (Å²) >= 11 is 3.16. The standard InChI is InChI=1S/C12H11BrF3N3O2/c1-20-5-9(17)10-18-11(21-19-10)7-4-6(12(14,15)16)2-3-8(7)13/h2-4,9H,5,17H2,1H3.